The van der Waals surface area contributed by atoms with Gasteiger partial charge in [0.2, 0.25) is 15.9 Å². The molecular formula is C25H28Cl2N6O4S. The number of aryl methyl sites for hydroxylation is 1. The second-order valence-corrected chi connectivity index (χ2v) is 11.3. The Hall–Kier alpha value is -3.12. The Morgan fingerprint density at radius 2 is 2.05 bits per heavy atom. The summed E-state index contributed by atoms with van der Waals surface area (Å²) in [5, 5.41) is 9.97. The number of nitrogens with zero attached hydrogens (tertiary/aromatic N) is 3. The number of amides is 1. The predicted molar refractivity (Wildman–Crippen MR) is 148 cm³/mol. The molecule has 0 spiro atoms. The van der Waals surface area contributed by atoms with Gasteiger partial charge in [0.15, 0.2) is 0 Å². The van der Waals surface area contributed by atoms with E-state index in [0.717, 1.165) is 11.1 Å². The fourth-order valence-corrected chi connectivity index (χ4v) is 6.82. The number of sulfonamides is 1. The van der Waals surface area contributed by atoms with Gasteiger partial charge in [-0.25, -0.2) is 13.4 Å². The van der Waals surface area contributed by atoms with Crippen molar-refractivity contribution in [2.24, 2.45) is 10.9 Å². The average Bonchev–Trinajstić information content (AvgIpc) is 3.39. The molecule has 202 valence electrons. The summed E-state index contributed by atoms with van der Waals surface area (Å²) in [7, 11) is -4.10. The van der Waals surface area contributed by atoms with Crippen molar-refractivity contribution in [1.82, 2.24) is 19.9 Å². The normalized spacial score (nSPS) is 16.2. The molecule has 4 N–H and O–H groups in total. The van der Waals surface area contributed by atoms with E-state index in [1.807, 2.05) is 31.2 Å². The minimum absolute atomic E-state index is 0.0433. The van der Waals surface area contributed by atoms with E-state index < -0.39 is 16.1 Å². The van der Waals surface area contributed by atoms with E-state index >= 15 is 0 Å². The highest BCUT2D eigenvalue weighted by Gasteiger charge is 2.40. The molecule has 1 fully saturated rings. The largest absolute Gasteiger partial charge is 0.487 e. The van der Waals surface area contributed by atoms with Gasteiger partial charge in [0.05, 0.1) is 5.02 Å². The van der Waals surface area contributed by atoms with Crippen molar-refractivity contribution in [3.05, 3.63) is 63.8 Å². The predicted octanol–water partition coefficient (Wildman–Crippen LogP) is 3.19. The molecule has 0 aliphatic carbocycles. The molecular weight excluding hydrogens is 551 g/mol. The van der Waals surface area contributed by atoms with Crippen LogP contribution in [-0.4, -0.2) is 55.6 Å². The van der Waals surface area contributed by atoms with Crippen molar-refractivity contribution in [3.8, 4) is 5.75 Å². The summed E-state index contributed by atoms with van der Waals surface area (Å²) in [5.41, 5.74) is 1.84. The number of para-hydroxylation sites is 1. The Morgan fingerprint density at radius 3 is 2.84 bits per heavy atom. The van der Waals surface area contributed by atoms with Crippen molar-refractivity contribution in [1.29, 1.82) is 0 Å². The van der Waals surface area contributed by atoms with Crippen molar-refractivity contribution in [2.45, 2.75) is 37.3 Å². The molecule has 1 atom stereocenters. The van der Waals surface area contributed by atoms with Crippen LogP contribution in [0.5, 0.6) is 5.75 Å². The lowest BCUT2D eigenvalue weighted by atomic mass is 10.2. The molecule has 0 saturated carbocycles. The zero-order chi connectivity index (χ0) is 27.3. The van der Waals surface area contributed by atoms with Crippen LogP contribution in [0.25, 0.3) is 10.9 Å². The lowest BCUT2D eigenvalue weighted by Gasteiger charge is -2.24. The highest BCUT2D eigenvalue weighted by atomic mass is 35.5. The standard InChI is InChI=1S/C25H28Cl2N6O4S/c1-16-7-8-17-4-2-6-21(24(17)32-16)37-14-18-19(26)9-10-22(23(18)27)38(35,36)33-13-3-5-20(33)25(34)30-12-11-29-15-31-28/h2,4,6-10,15,20H,3,5,11-14,28H2,1H3,(H,29,31)(H,30,34)/t20-/m0/s1. The van der Waals surface area contributed by atoms with Crippen molar-refractivity contribution in [3.63, 3.8) is 0 Å². The van der Waals surface area contributed by atoms with Crippen LogP contribution in [0, 0.1) is 6.92 Å². The number of carbonyl (C=O) groups excluding carboxylic acids is 1. The minimum atomic E-state index is -4.10. The molecule has 10 nitrogen and oxygen atoms in total. The molecule has 0 radical (unpaired) electrons. The monoisotopic (exact) mass is 578 g/mol. The summed E-state index contributed by atoms with van der Waals surface area (Å²) in [6, 6.07) is 11.4. The summed E-state index contributed by atoms with van der Waals surface area (Å²) in [4.78, 5) is 17.2. The van der Waals surface area contributed by atoms with Crippen LogP contribution in [0.15, 0.2) is 52.5 Å². The molecule has 0 bridgehead atoms. The number of rotatable bonds is 10. The van der Waals surface area contributed by atoms with Crippen LogP contribution in [0.2, 0.25) is 10.0 Å². The molecule has 1 aromatic heterocycles. The summed E-state index contributed by atoms with van der Waals surface area (Å²) < 4.78 is 34.5. The van der Waals surface area contributed by atoms with Crippen molar-refractivity contribution in [2.75, 3.05) is 19.6 Å². The molecule has 3 aromatic rings. The number of carbonyl (C=O) groups is 1. The van der Waals surface area contributed by atoms with Gasteiger partial charge < -0.3 is 21.2 Å². The van der Waals surface area contributed by atoms with E-state index in [1.165, 1.54) is 22.8 Å². The van der Waals surface area contributed by atoms with Crippen molar-refractivity contribution < 1.29 is 17.9 Å². The topological polar surface area (TPSA) is 139 Å². The fourth-order valence-electron chi connectivity index (χ4n) is 4.30. The molecule has 1 saturated heterocycles. The number of hydrogen-bond donors (Lipinski definition) is 3. The number of hydrogen-bond acceptors (Lipinski definition) is 7. The smallest absolute Gasteiger partial charge is 0.245 e. The second-order valence-electron chi connectivity index (χ2n) is 8.70. The van der Waals surface area contributed by atoms with E-state index in [2.05, 4.69) is 20.7 Å². The first-order chi connectivity index (χ1) is 18.2. The average molecular weight is 580 g/mol. The van der Waals surface area contributed by atoms with Crippen LogP contribution in [-0.2, 0) is 21.4 Å². The van der Waals surface area contributed by atoms with E-state index in [1.54, 1.807) is 6.07 Å². The van der Waals surface area contributed by atoms with Crippen LogP contribution in [0.4, 0.5) is 0 Å². The Balaban J connectivity index is 1.55. The number of ether oxygens (including phenoxy) is 1. The molecule has 0 unspecified atom stereocenters. The first-order valence-electron chi connectivity index (χ1n) is 11.9. The summed E-state index contributed by atoms with van der Waals surface area (Å²) in [5.74, 6) is 5.15. The van der Waals surface area contributed by atoms with Gasteiger partial charge >= 0.3 is 0 Å². The van der Waals surface area contributed by atoms with Gasteiger partial charge in [-0.1, -0.05) is 41.4 Å². The Kier molecular flexibility index (Phi) is 8.93. The maximum Gasteiger partial charge on any atom is 0.245 e. The fraction of sp³-hybridized carbons (Fsp3) is 0.320. The van der Waals surface area contributed by atoms with E-state index in [0.29, 0.717) is 36.2 Å². The zero-order valence-electron chi connectivity index (χ0n) is 20.7. The highest BCUT2D eigenvalue weighted by Crippen LogP contribution is 2.36. The molecule has 4 rings (SSSR count). The Morgan fingerprint density at radius 1 is 1.24 bits per heavy atom. The number of benzene rings is 2. The molecule has 2 aromatic carbocycles. The first kappa shape index (κ1) is 27.9. The number of halogens is 2. The summed E-state index contributed by atoms with van der Waals surface area (Å²) in [6.45, 7) is 2.69. The van der Waals surface area contributed by atoms with E-state index in [-0.39, 0.29) is 40.5 Å². The lowest BCUT2D eigenvalue weighted by Crippen LogP contribution is -2.47. The van der Waals surface area contributed by atoms with E-state index in [4.69, 9.17) is 33.8 Å². The van der Waals surface area contributed by atoms with Crippen LogP contribution in [0.3, 0.4) is 0 Å². The number of nitrogens with two attached hydrogens (primary N) is 1. The quantitative estimate of drug-likeness (QED) is 0.110. The first-order valence-corrected chi connectivity index (χ1v) is 14.1. The van der Waals surface area contributed by atoms with Gasteiger partial charge in [0, 0.05) is 41.3 Å². The number of hydrazone groups is 1. The molecule has 13 heteroatoms. The Bertz CT molecular complexity index is 1470. The molecule has 1 amide bonds. The van der Waals surface area contributed by atoms with Crippen LogP contribution >= 0.6 is 23.2 Å². The van der Waals surface area contributed by atoms with Gasteiger partial charge in [-0.15, -0.1) is 0 Å². The second kappa shape index (κ2) is 12.2. The van der Waals surface area contributed by atoms with Gasteiger partial charge in [-0.3, -0.25) is 4.79 Å². The molecule has 38 heavy (non-hydrogen) atoms. The number of fused-ring (bicyclic) bond motifs is 1. The molecule has 2 heterocycles. The molecule has 1 aliphatic heterocycles. The van der Waals surface area contributed by atoms with Gasteiger partial charge in [-0.2, -0.15) is 9.41 Å². The third kappa shape index (κ3) is 5.96. The highest BCUT2D eigenvalue weighted by molar-refractivity contribution is 7.89. The molecule has 1 aliphatic rings. The summed E-state index contributed by atoms with van der Waals surface area (Å²) in [6.07, 6.45) is 2.25. The van der Waals surface area contributed by atoms with Crippen LogP contribution < -0.4 is 21.2 Å². The van der Waals surface area contributed by atoms with Crippen molar-refractivity contribution >= 4 is 56.4 Å². The summed E-state index contributed by atoms with van der Waals surface area (Å²) >= 11 is 13.0. The Labute approximate surface area is 231 Å². The third-order valence-electron chi connectivity index (χ3n) is 6.17. The maximum absolute atomic E-state index is 13.7. The maximum atomic E-state index is 13.7. The van der Waals surface area contributed by atoms with Gasteiger partial charge in [0.1, 0.15) is 35.1 Å². The number of nitrogens with one attached hydrogen (secondary N) is 2. The third-order valence-corrected chi connectivity index (χ3v) is 9.02. The van der Waals surface area contributed by atoms with E-state index in [9.17, 15) is 13.2 Å². The number of pyridine rings is 1. The zero-order valence-corrected chi connectivity index (χ0v) is 23.0. The SMILES string of the molecule is Cc1ccc2cccc(OCc3c(Cl)ccc(S(=O)(=O)N4CCC[C@H]4C(=O)NCCNC=NN)c3Cl)c2n1. The minimum Gasteiger partial charge on any atom is -0.487 e. The van der Waals surface area contributed by atoms with Gasteiger partial charge in [0.25, 0.3) is 0 Å². The number of aromatic nitrogens is 1. The van der Waals surface area contributed by atoms with Crippen LogP contribution in [0.1, 0.15) is 24.1 Å². The van der Waals surface area contributed by atoms with Gasteiger partial charge in [-0.05, 0) is 44.0 Å². The lowest BCUT2D eigenvalue weighted by molar-refractivity contribution is -0.124.